The predicted molar refractivity (Wildman–Crippen MR) is 64.5 cm³/mol. The van der Waals surface area contributed by atoms with E-state index in [0.717, 1.165) is 0 Å². The molecular formula is C11H12N2O4S. The summed E-state index contributed by atoms with van der Waals surface area (Å²) >= 11 is 1.24. The van der Waals surface area contributed by atoms with E-state index in [2.05, 4.69) is 10.6 Å². The molecular weight excluding hydrogens is 256 g/mol. The van der Waals surface area contributed by atoms with Crippen molar-refractivity contribution in [1.29, 1.82) is 0 Å². The van der Waals surface area contributed by atoms with Crippen LogP contribution in [0.15, 0.2) is 11.4 Å². The Bertz CT molecular complexity index is 497. The van der Waals surface area contributed by atoms with Gasteiger partial charge in [0.05, 0.1) is 12.0 Å². The molecule has 1 saturated heterocycles. The lowest BCUT2D eigenvalue weighted by atomic mass is 10.1. The molecule has 96 valence electrons. The number of methoxy groups -OCH3 is 1. The van der Waals surface area contributed by atoms with Gasteiger partial charge in [-0.1, -0.05) is 0 Å². The topological polar surface area (TPSA) is 84.5 Å². The minimum Gasteiger partial charge on any atom is -0.496 e. The number of ether oxygens (including phenoxy) is 1. The van der Waals surface area contributed by atoms with E-state index in [-0.39, 0.29) is 18.2 Å². The zero-order chi connectivity index (χ0) is 13.1. The van der Waals surface area contributed by atoms with E-state index in [1.807, 2.05) is 0 Å². The van der Waals surface area contributed by atoms with Gasteiger partial charge in [-0.05, 0) is 6.42 Å². The summed E-state index contributed by atoms with van der Waals surface area (Å²) < 4.78 is 4.98. The molecule has 1 aliphatic rings. The Morgan fingerprint density at radius 3 is 2.94 bits per heavy atom. The van der Waals surface area contributed by atoms with Crippen LogP contribution in [0.25, 0.3) is 0 Å². The molecule has 7 heteroatoms. The first-order chi connectivity index (χ1) is 8.60. The van der Waals surface area contributed by atoms with Crippen molar-refractivity contribution in [2.24, 2.45) is 0 Å². The van der Waals surface area contributed by atoms with E-state index >= 15 is 0 Å². The van der Waals surface area contributed by atoms with Gasteiger partial charge in [-0.2, -0.15) is 0 Å². The fraction of sp³-hybridized carbons (Fsp3) is 0.364. The lowest BCUT2D eigenvalue weighted by Gasteiger charge is -2.21. The summed E-state index contributed by atoms with van der Waals surface area (Å²) in [6.45, 7) is 0. The first kappa shape index (κ1) is 12.6. The molecule has 0 bridgehead atoms. The highest BCUT2D eigenvalue weighted by atomic mass is 32.1. The average molecular weight is 268 g/mol. The second-order valence-corrected chi connectivity index (χ2v) is 4.74. The smallest absolute Gasteiger partial charge is 0.262 e. The van der Waals surface area contributed by atoms with Gasteiger partial charge in [0.1, 0.15) is 11.8 Å². The average Bonchev–Trinajstić information content (AvgIpc) is 2.81. The molecule has 1 aromatic rings. The number of carbonyl (C=O) groups is 3. The normalized spacial score (nSPS) is 19.3. The molecule has 2 rings (SSSR count). The molecule has 0 aromatic carbocycles. The number of imide groups is 1. The van der Waals surface area contributed by atoms with Crippen molar-refractivity contribution < 1.29 is 19.1 Å². The lowest BCUT2D eigenvalue weighted by Crippen LogP contribution is -2.52. The number of carbonyl (C=O) groups excluding carboxylic acids is 3. The SMILES string of the molecule is COc1csc(C(=O)NC2CCC(=O)NC2=O)c1. The second kappa shape index (κ2) is 5.18. The van der Waals surface area contributed by atoms with Crippen molar-refractivity contribution in [1.82, 2.24) is 10.6 Å². The Labute approximate surface area is 107 Å². The molecule has 1 atom stereocenters. The van der Waals surface area contributed by atoms with Crippen molar-refractivity contribution in [2.75, 3.05) is 7.11 Å². The van der Waals surface area contributed by atoms with Gasteiger partial charge >= 0.3 is 0 Å². The summed E-state index contributed by atoms with van der Waals surface area (Å²) in [7, 11) is 1.52. The molecule has 1 aliphatic heterocycles. The van der Waals surface area contributed by atoms with E-state index in [4.69, 9.17) is 4.74 Å². The third-order valence-electron chi connectivity index (χ3n) is 2.58. The zero-order valence-electron chi connectivity index (χ0n) is 9.69. The molecule has 1 aromatic heterocycles. The minimum absolute atomic E-state index is 0.241. The largest absolute Gasteiger partial charge is 0.496 e. The summed E-state index contributed by atoms with van der Waals surface area (Å²) in [6.07, 6.45) is 0.573. The Morgan fingerprint density at radius 2 is 2.33 bits per heavy atom. The summed E-state index contributed by atoms with van der Waals surface area (Å²) in [5, 5.41) is 6.49. The molecule has 6 nitrogen and oxygen atoms in total. The van der Waals surface area contributed by atoms with Crippen LogP contribution in [-0.4, -0.2) is 30.9 Å². The number of nitrogens with one attached hydrogen (secondary N) is 2. The van der Waals surface area contributed by atoms with Gasteiger partial charge in [0.25, 0.3) is 5.91 Å². The number of thiophene rings is 1. The Hall–Kier alpha value is -1.89. The summed E-state index contributed by atoms with van der Waals surface area (Å²) in [5.74, 6) is -0.488. The number of amides is 3. The molecule has 3 amide bonds. The maximum atomic E-state index is 11.8. The highest BCUT2D eigenvalue weighted by Crippen LogP contribution is 2.21. The first-order valence-corrected chi connectivity index (χ1v) is 6.25. The second-order valence-electron chi connectivity index (χ2n) is 3.83. The molecule has 18 heavy (non-hydrogen) atoms. The van der Waals surface area contributed by atoms with Crippen LogP contribution in [-0.2, 0) is 9.59 Å². The summed E-state index contributed by atoms with van der Waals surface area (Å²) in [4.78, 5) is 34.7. The lowest BCUT2D eigenvalue weighted by molar-refractivity contribution is -0.134. The van der Waals surface area contributed by atoms with Crippen LogP contribution in [0.5, 0.6) is 5.75 Å². The van der Waals surface area contributed by atoms with Gasteiger partial charge in [0, 0.05) is 17.9 Å². The Balaban J connectivity index is 1.99. The van der Waals surface area contributed by atoms with Crippen molar-refractivity contribution in [3.05, 3.63) is 16.3 Å². The molecule has 2 N–H and O–H groups in total. The van der Waals surface area contributed by atoms with Gasteiger partial charge in [-0.3, -0.25) is 19.7 Å². The van der Waals surface area contributed by atoms with Crippen molar-refractivity contribution in [3.63, 3.8) is 0 Å². The summed E-state index contributed by atoms with van der Waals surface area (Å²) in [5.41, 5.74) is 0. The first-order valence-electron chi connectivity index (χ1n) is 5.37. The van der Waals surface area contributed by atoms with E-state index in [1.54, 1.807) is 11.4 Å². The van der Waals surface area contributed by atoms with Crippen LogP contribution >= 0.6 is 11.3 Å². The van der Waals surface area contributed by atoms with Crippen LogP contribution < -0.4 is 15.4 Å². The molecule has 0 radical (unpaired) electrons. The molecule has 1 unspecified atom stereocenters. The van der Waals surface area contributed by atoms with Crippen molar-refractivity contribution >= 4 is 29.1 Å². The summed E-state index contributed by atoms with van der Waals surface area (Å²) in [6, 6.07) is 0.953. The Morgan fingerprint density at radius 1 is 1.56 bits per heavy atom. The standard InChI is InChI=1S/C11H12N2O4S/c1-17-6-4-8(18-5-6)11(16)12-7-2-3-9(14)13-10(7)15/h4-5,7H,2-3H2,1H3,(H,12,16)(H,13,14,15). The van der Waals surface area contributed by atoms with Crippen LogP contribution in [0.4, 0.5) is 0 Å². The van der Waals surface area contributed by atoms with Crippen LogP contribution in [0.2, 0.25) is 0 Å². The number of hydrogen-bond acceptors (Lipinski definition) is 5. The maximum Gasteiger partial charge on any atom is 0.262 e. The van der Waals surface area contributed by atoms with E-state index < -0.39 is 11.9 Å². The monoisotopic (exact) mass is 268 g/mol. The van der Waals surface area contributed by atoms with E-state index in [0.29, 0.717) is 17.0 Å². The van der Waals surface area contributed by atoms with E-state index in [9.17, 15) is 14.4 Å². The quantitative estimate of drug-likeness (QED) is 0.772. The molecule has 2 heterocycles. The highest BCUT2D eigenvalue weighted by Gasteiger charge is 2.28. The molecule has 0 aliphatic carbocycles. The predicted octanol–water partition coefficient (Wildman–Crippen LogP) is 0.292. The zero-order valence-corrected chi connectivity index (χ0v) is 10.5. The van der Waals surface area contributed by atoms with Crippen LogP contribution in [0.3, 0.4) is 0 Å². The van der Waals surface area contributed by atoms with Gasteiger partial charge in [0.2, 0.25) is 11.8 Å². The van der Waals surface area contributed by atoms with Crippen LogP contribution in [0, 0.1) is 0 Å². The third kappa shape index (κ3) is 2.67. The van der Waals surface area contributed by atoms with Crippen LogP contribution in [0.1, 0.15) is 22.5 Å². The maximum absolute atomic E-state index is 11.8. The van der Waals surface area contributed by atoms with Crippen molar-refractivity contribution in [2.45, 2.75) is 18.9 Å². The van der Waals surface area contributed by atoms with Gasteiger partial charge < -0.3 is 10.1 Å². The number of piperidine rings is 1. The number of rotatable bonds is 3. The van der Waals surface area contributed by atoms with E-state index in [1.165, 1.54) is 18.4 Å². The molecule has 0 spiro atoms. The highest BCUT2D eigenvalue weighted by molar-refractivity contribution is 7.12. The minimum atomic E-state index is -0.650. The molecule has 1 fully saturated rings. The molecule has 0 saturated carbocycles. The fourth-order valence-corrected chi connectivity index (χ4v) is 2.36. The Kier molecular flexibility index (Phi) is 3.61. The van der Waals surface area contributed by atoms with Crippen molar-refractivity contribution in [3.8, 4) is 5.75 Å². The van der Waals surface area contributed by atoms with Gasteiger partial charge in [-0.25, -0.2) is 0 Å². The number of hydrogen-bond donors (Lipinski definition) is 2. The van der Waals surface area contributed by atoms with Gasteiger partial charge in [0.15, 0.2) is 0 Å². The fourth-order valence-electron chi connectivity index (χ4n) is 1.61. The third-order valence-corrected chi connectivity index (χ3v) is 3.49. The van der Waals surface area contributed by atoms with Gasteiger partial charge in [-0.15, -0.1) is 11.3 Å².